The highest BCUT2D eigenvalue weighted by Gasteiger charge is 2.32. The lowest BCUT2D eigenvalue weighted by molar-refractivity contribution is -0.0884. The summed E-state index contributed by atoms with van der Waals surface area (Å²) in [6.45, 7) is 4.38. The molecule has 0 aromatic heterocycles. The normalized spacial score (nSPS) is 20.1. The van der Waals surface area contributed by atoms with Crippen molar-refractivity contribution in [1.82, 2.24) is 10.2 Å². The molecule has 1 atom stereocenters. The van der Waals surface area contributed by atoms with E-state index in [1.165, 1.54) is 25.1 Å². The summed E-state index contributed by atoms with van der Waals surface area (Å²) in [6, 6.07) is 6.18. The van der Waals surface area contributed by atoms with Gasteiger partial charge in [-0.15, -0.1) is 0 Å². The molecule has 2 nitrogen and oxygen atoms in total. The van der Waals surface area contributed by atoms with Crippen molar-refractivity contribution in [3.8, 4) is 0 Å². The average Bonchev–Trinajstić information content (AvgIpc) is 3.08. The van der Waals surface area contributed by atoms with E-state index in [-0.39, 0.29) is 30.3 Å². The Morgan fingerprint density at radius 2 is 1.90 bits per heavy atom. The number of nitrogens with zero attached hydrogens (tertiary/aromatic N) is 1. The Morgan fingerprint density at radius 3 is 2.48 bits per heavy atom. The number of hydrogen-bond donors (Lipinski definition) is 1. The van der Waals surface area contributed by atoms with E-state index in [0.29, 0.717) is 6.54 Å². The first kappa shape index (κ1) is 24.9. The molecule has 7 heteroatoms. The molecule has 1 N–H and O–H groups in total. The number of nitrogens with one attached hydrogen (secondary N) is 1. The maximum absolute atomic E-state index is 14.4. The smallest absolute Gasteiger partial charge is 0.377 e. The number of halogens is 5. The van der Waals surface area contributed by atoms with Crippen LogP contribution in [-0.4, -0.2) is 30.7 Å². The molecule has 0 aliphatic carbocycles. The van der Waals surface area contributed by atoms with E-state index >= 15 is 0 Å². The van der Waals surface area contributed by atoms with E-state index in [2.05, 4.69) is 5.32 Å². The van der Waals surface area contributed by atoms with E-state index < -0.39 is 17.6 Å². The summed E-state index contributed by atoms with van der Waals surface area (Å²) in [5.74, 6) is -0.967. The van der Waals surface area contributed by atoms with Crippen molar-refractivity contribution >= 4 is 0 Å². The largest absolute Gasteiger partial charge is 0.416 e. The van der Waals surface area contributed by atoms with Gasteiger partial charge in [0.05, 0.1) is 5.57 Å². The maximum atomic E-state index is 14.4. The molecule has 31 heavy (non-hydrogen) atoms. The summed E-state index contributed by atoms with van der Waals surface area (Å²) in [6.07, 6.45) is 1.44. The Labute approximate surface area is 180 Å². The number of alkyl halides is 3. The monoisotopic (exact) mass is 440 g/mol. The molecule has 0 amide bonds. The third-order valence-electron chi connectivity index (χ3n) is 5.19. The standard InChI is InChI=1S/C24H29F5N2/c1-4-6-19(24(27,28)29)15-18(21(26)5-2)9-12-23-22(13-14-31(23)3)30-16-17-7-10-20(25)11-8-17/h5-8,10-12,15,22,30H,4,9,13-14,16H2,1-3H3/b18-15-,19-6-,21-5+,23-12-. The summed E-state index contributed by atoms with van der Waals surface area (Å²) in [4.78, 5) is 2.01. The van der Waals surface area contributed by atoms with E-state index in [9.17, 15) is 22.0 Å². The molecule has 1 aliphatic rings. The highest BCUT2D eigenvalue weighted by molar-refractivity contribution is 5.38. The minimum atomic E-state index is -4.54. The Balaban J connectivity index is 2.20. The number of likely N-dealkylation sites (tertiary alicyclic amines) is 1. The van der Waals surface area contributed by atoms with Crippen LogP contribution < -0.4 is 5.32 Å². The number of likely N-dealkylation sites (N-methyl/N-ethyl adjacent to an activating group) is 1. The summed E-state index contributed by atoms with van der Waals surface area (Å²) < 4.78 is 67.3. The lowest BCUT2D eigenvalue weighted by Crippen LogP contribution is -2.29. The Morgan fingerprint density at radius 1 is 1.23 bits per heavy atom. The Kier molecular flexibility index (Phi) is 9.04. The second kappa shape index (κ2) is 11.3. The zero-order valence-electron chi connectivity index (χ0n) is 18.1. The van der Waals surface area contributed by atoms with E-state index in [1.807, 2.05) is 11.9 Å². The fourth-order valence-corrected chi connectivity index (χ4v) is 3.50. The van der Waals surface area contributed by atoms with E-state index in [4.69, 9.17) is 0 Å². The Bertz CT molecular complexity index is 848. The summed E-state index contributed by atoms with van der Waals surface area (Å²) >= 11 is 0. The molecule has 170 valence electrons. The second-order valence-electron chi connectivity index (χ2n) is 7.47. The van der Waals surface area contributed by atoms with Crippen molar-refractivity contribution in [3.05, 3.63) is 82.6 Å². The van der Waals surface area contributed by atoms with Gasteiger partial charge in [0, 0.05) is 31.9 Å². The van der Waals surface area contributed by atoms with Crippen LogP contribution in [-0.2, 0) is 6.54 Å². The van der Waals surface area contributed by atoms with Crippen molar-refractivity contribution in [3.63, 3.8) is 0 Å². The van der Waals surface area contributed by atoms with Gasteiger partial charge in [0.1, 0.15) is 11.6 Å². The number of hydrogen-bond acceptors (Lipinski definition) is 2. The van der Waals surface area contributed by atoms with Gasteiger partial charge in [-0.25, -0.2) is 8.78 Å². The molecule has 1 unspecified atom stereocenters. The van der Waals surface area contributed by atoms with Crippen LogP contribution in [0.25, 0.3) is 0 Å². The molecule has 1 aromatic rings. The molecule has 0 radical (unpaired) electrons. The van der Waals surface area contributed by atoms with Crippen molar-refractivity contribution in [2.24, 2.45) is 0 Å². The first-order valence-electron chi connectivity index (χ1n) is 10.3. The molecule has 0 spiro atoms. The minimum absolute atomic E-state index is 0.00962. The van der Waals surface area contributed by atoms with Crippen molar-refractivity contribution < 1.29 is 22.0 Å². The van der Waals surface area contributed by atoms with E-state index in [1.54, 1.807) is 25.1 Å². The lowest BCUT2D eigenvalue weighted by atomic mass is 10.0. The van der Waals surface area contributed by atoms with Crippen LogP contribution in [0.3, 0.4) is 0 Å². The van der Waals surface area contributed by atoms with Crippen LogP contribution in [0.15, 0.2) is 71.2 Å². The van der Waals surface area contributed by atoms with Crippen LogP contribution in [0.4, 0.5) is 22.0 Å². The van der Waals surface area contributed by atoms with Gasteiger partial charge in [0.2, 0.25) is 0 Å². The second-order valence-corrected chi connectivity index (χ2v) is 7.47. The molecule has 1 fully saturated rings. The van der Waals surface area contributed by atoms with Gasteiger partial charge in [-0.05, 0) is 55.5 Å². The van der Waals surface area contributed by atoms with E-state index in [0.717, 1.165) is 36.4 Å². The highest BCUT2D eigenvalue weighted by atomic mass is 19.4. The third-order valence-corrected chi connectivity index (χ3v) is 5.19. The van der Waals surface area contributed by atoms with Crippen molar-refractivity contribution in [2.75, 3.05) is 13.6 Å². The van der Waals surface area contributed by atoms with Crippen molar-refractivity contribution in [1.29, 1.82) is 0 Å². The third kappa shape index (κ3) is 7.35. The SMILES string of the molecule is C\C=C(F)/C(=C\C(=C\CC)C(F)(F)F)C/C=C1/C(NCc2ccc(F)cc2)CCN1C. The summed E-state index contributed by atoms with van der Waals surface area (Å²) in [5.41, 5.74) is 0.982. The van der Waals surface area contributed by atoms with Crippen molar-refractivity contribution in [2.45, 2.75) is 51.9 Å². The molecule has 0 bridgehead atoms. The zero-order chi connectivity index (χ0) is 23.0. The molecule has 1 aliphatic heterocycles. The molecular weight excluding hydrogens is 411 g/mol. The Hall–Kier alpha value is -2.41. The van der Waals surface area contributed by atoms with Crippen LogP contribution >= 0.6 is 0 Å². The molecule has 1 aromatic carbocycles. The van der Waals surface area contributed by atoms with Gasteiger partial charge in [0.25, 0.3) is 0 Å². The molecular formula is C24H29F5N2. The quantitative estimate of drug-likeness (QED) is 0.362. The first-order chi connectivity index (χ1) is 14.7. The zero-order valence-corrected chi connectivity index (χ0v) is 18.1. The van der Waals surface area contributed by atoms with Crippen LogP contribution in [0.5, 0.6) is 0 Å². The molecule has 1 saturated heterocycles. The molecule has 1 heterocycles. The van der Waals surface area contributed by atoms with Gasteiger partial charge < -0.3 is 10.2 Å². The topological polar surface area (TPSA) is 15.3 Å². The van der Waals surface area contributed by atoms with Gasteiger partial charge in [-0.1, -0.05) is 37.3 Å². The summed E-state index contributed by atoms with van der Waals surface area (Å²) in [7, 11) is 1.90. The van der Waals surface area contributed by atoms with Crippen LogP contribution in [0.2, 0.25) is 0 Å². The fraction of sp³-hybridized carbons (Fsp3) is 0.417. The van der Waals surface area contributed by atoms with Gasteiger partial charge in [-0.3, -0.25) is 0 Å². The molecule has 0 saturated carbocycles. The minimum Gasteiger partial charge on any atom is -0.377 e. The number of benzene rings is 1. The number of rotatable bonds is 8. The maximum Gasteiger partial charge on any atom is 0.416 e. The van der Waals surface area contributed by atoms with Crippen LogP contribution in [0.1, 0.15) is 38.7 Å². The van der Waals surface area contributed by atoms with Gasteiger partial charge in [0.15, 0.2) is 0 Å². The molecule has 2 rings (SSSR count). The predicted molar refractivity (Wildman–Crippen MR) is 114 cm³/mol. The first-order valence-corrected chi connectivity index (χ1v) is 10.3. The average molecular weight is 441 g/mol. The fourth-order valence-electron chi connectivity index (χ4n) is 3.50. The predicted octanol–water partition coefficient (Wildman–Crippen LogP) is 6.59. The number of allylic oxidation sites excluding steroid dienone is 7. The lowest BCUT2D eigenvalue weighted by Gasteiger charge is -2.19. The van der Waals surface area contributed by atoms with Gasteiger partial charge in [-0.2, -0.15) is 13.2 Å². The highest BCUT2D eigenvalue weighted by Crippen LogP contribution is 2.31. The van der Waals surface area contributed by atoms with Gasteiger partial charge >= 0.3 is 6.18 Å². The summed E-state index contributed by atoms with van der Waals surface area (Å²) in [5, 5.41) is 3.40. The van der Waals surface area contributed by atoms with Crippen LogP contribution in [0, 0.1) is 5.82 Å².